The molecule has 0 bridgehead atoms. The number of nitrogens with one attached hydrogen (secondary N) is 2. The molecule has 2 N–H and O–H groups in total. The number of amides is 2. The number of aryl methyl sites for hydroxylation is 1. The molecule has 0 aromatic heterocycles. The molecule has 1 aromatic rings. The van der Waals surface area contributed by atoms with Gasteiger partial charge in [-0.25, -0.2) is 4.79 Å². The maximum absolute atomic E-state index is 12.4. The van der Waals surface area contributed by atoms with Gasteiger partial charge in [0.1, 0.15) is 0 Å². The molecular formula is C18H26N2O2S. The molecule has 0 unspecified atom stereocenters. The maximum atomic E-state index is 12.4. The lowest BCUT2D eigenvalue weighted by Crippen LogP contribution is -2.48. The zero-order valence-corrected chi connectivity index (χ0v) is 14.8. The van der Waals surface area contributed by atoms with Crippen LogP contribution in [0, 0.1) is 6.92 Å². The minimum atomic E-state index is -0.102. The number of carbonyl (C=O) groups is 1. The molecule has 5 heteroatoms. The van der Waals surface area contributed by atoms with E-state index in [0.29, 0.717) is 0 Å². The average Bonchev–Trinajstić information content (AvgIpc) is 2.97. The van der Waals surface area contributed by atoms with E-state index in [0.717, 1.165) is 48.4 Å². The number of benzene rings is 1. The van der Waals surface area contributed by atoms with Gasteiger partial charge in [-0.2, -0.15) is 0 Å². The van der Waals surface area contributed by atoms with Crippen LogP contribution in [-0.2, 0) is 4.74 Å². The van der Waals surface area contributed by atoms with E-state index in [4.69, 9.17) is 4.74 Å². The minimum absolute atomic E-state index is 0.0310. The van der Waals surface area contributed by atoms with Gasteiger partial charge in [-0.1, -0.05) is 25.0 Å². The van der Waals surface area contributed by atoms with E-state index < -0.39 is 0 Å². The Hall–Kier alpha value is -1.20. The fourth-order valence-corrected chi connectivity index (χ4v) is 4.46. The number of thioether (sulfide) groups is 1. The van der Waals surface area contributed by atoms with Crippen molar-refractivity contribution in [2.45, 2.75) is 62.0 Å². The summed E-state index contributed by atoms with van der Waals surface area (Å²) in [5, 5.41) is 6.20. The van der Waals surface area contributed by atoms with Gasteiger partial charge in [-0.05, 0) is 50.5 Å². The van der Waals surface area contributed by atoms with Crippen molar-refractivity contribution in [2.24, 2.45) is 0 Å². The van der Waals surface area contributed by atoms with Crippen LogP contribution in [0.4, 0.5) is 10.5 Å². The van der Waals surface area contributed by atoms with Gasteiger partial charge < -0.3 is 15.4 Å². The first-order valence-corrected chi connectivity index (χ1v) is 9.69. The number of ether oxygens (including phenoxy) is 1. The van der Waals surface area contributed by atoms with Crippen LogP contribution in [-0.4, -0.2) is 30.5 Å². The number of para-hydroxylation sites is 1. The summed E-state index contributed by atoms with van der Waals surface area (Å²) in [4.78, 5) is 13.5. The van der Waals surface area contributed by atoms with Gasteiger partial charge in [0, 0.05) is 17.5 Å². The SMILES string of the molecule is CSc1cccc(C)c1NC(=O)N[C@@H]1CCOC2(CCCC2)C1. The van der Waals surface area contributed by atoms with E-state index in [-0.39, 0.29) is 17.7 Å². The molecule has 1 spiro atoms. The van der Waals surface area contributed by atoms with E-state index in [9.17, 15) is 4.79 Å². The van der Waals surface area contributed by atoms with Crippen LogP contribution in [0.15, 0.2) is 23.1 Å². The third kappa shape index (κ3) is 3.83. The smallest absolute Gasteiger partial charge is 0.319 e. The zero-order valence-electron chi connectivity index (χ0n) is 14.0. The van der Waals surface area contributed by atoms with E-state index in [2.05, 4.69) is 10.6 Å². The normalized spacial score (nSPS) is 23.0. The fourth-order valence-electron chi connectivity index (χ4n) is 3.82. The molecule has 126 valence electrons. The van der Waals surface area contributed by atoms with Crippen molar-refractivity contribution in [1.82, 2.24) is 5.32 Å². The Kier molecular flexibility index (Phi) is 5.17. The Balaban J connectivity index is 1.61. The highest BCUT2D eigenvalue weighted by Crippen LogP contribution is 2.40. The molecule has 2 fully saturated rings. The van der Waals surface area contributed by atoms with Crippen molar-refractivity contribution in [1.29, 1.82) is 0 Å². The highest BCUT2D eigenvalue weighted by atomic mass is 32.2. The molecule has 0 radical (unpaired) electrons. The molecule has 3 rings (SSSR count). The molecular weight excluding hydrogens is 308 g/mol. The second-order valence-electron chi connectivity index (χ2n) is 6.68. The summed E-state index contributed by atoms with van der Waals surface area (Å²) >= 11 is 1.65. The number of carbonyl (C=O) groups excluding carboxylic acids is 1. The summed E-state index contributed by atoms with van der Waals surface area (Å²) in [6, 6.07) is 6.19. The van der Waals surface area contributed by atoms with Gasteiger partial charge in [-0.3, -0.25) is 0 Å². The Morgan fingerprint density at radius 2 is 2.13 bits per heavy atom. The largest absolute Gasteiger partial charge is 0.375 e. The maximum Gasteiger partial charge on any atom is 0.319 e. The highest BCUT2D eigenvalue weighted by Gasteiger charge is 2.40. The number of urea groups is 1. The molecule has 1 aliphatic carbocycles. The van der Waals surface area contributed by atoms with Crippen molar-refractivity contribution in [3.8, 4) is 0 Å². The first-order valence-electron chi connectivity index (χ1n) is 8.47. The van der Waals surface area contributed by atoms with Crippen molar-refractivity contribution >= 4 is 23.5 Å². The lowest BCUT2D eigenvalue weighted by molar-refractivity contribution is -0.0818. The molecule has 2 aliphatic rings. The van der Waals surface area contributed by atoms with Crippen molar-refractivity contribution in [3.05, 3.63) is 23.8 Å². The van der Waals surface area contributed by atoms with Crippen molar-refractivity contribution in [2.75, 3.05) is 18.2 Å². The second kappa shape index (κ2) is 7.14. The fraction of sp³-hybridized carbons (Fsp3) is 0.611. The van der Waals surface area contributed by atoms with Crippen LogP contribution >= 0.6 is 11.8 Å². The standard InChI is InChI=1S/C18H26N2O2S/c1-13-6-5-7-15(23-2)16(13)20-17(21)19-14-8-11-22-18(12-14)9-3-4-10-18/h5-7,14H,3-4,8-12H2,1-2H3,(H2,19,20,21)/t14-/m1/s1. The van der Waals surface area contributed by atoms with Gasteiger partial charge in [-0.15, -0.1) is 11.8 Å². The van der Waals surface area contributed by atoms with E-state index in [1.807, 2.05) is 31.4 Å². The summed E-state index contributed by atoms with van der Waals surface area (Å²) in [5.74, 6) is 0. The lowest BCUT2D eigenvalue weighted by atomic mass is 9.89. The molecule has 4 nitrogen and oxygen atoms in total. The summed E-state index contributed by atoms with van der Waals surface area (Å²) in [6.45, 7) is 2.78. The van der Waals surface area contributed by atoms with Crippen LogP contribution < -0.4 is 10.6 Å². The first-order chi connectivity index (χ1) is 11.1. The van der Waals surface area contributed by atoms with Crippen LogP contribution in [0.5, 0.6) is 0 Å². The number of rotatable bonds is 3. The lowest BCUT2D eigenvalue weighted by Gasteiger charge is -2.38. The molecule has 1 atom stereocenters. The molecule has 1 saturated heterocycles. The second-order valence-corrected chi connectivity index (χ2v) is 7.53. The molecule has 23 heavy (non-hydrogen) atoms. The van der Waals surface area contributed by atoms with E-state index >= 15 is 0 Å². The van der Waals surface area contributed by atoms with Crippen molar-refractivity contribution in [3.63, 3.8) is 0 Å². The van der Waals surface area contributed by atoms with Gasteiger partial charge in [0.2, 0.25) is 0 Å². The van der Waals surface area contributed by atoms with Gasteiger partial charge in [0.05, 0.1) is 11.3 Å². The third-order valence-electron chi connectivity index (χ3n) is 5.04. The third-order valence-corrected chi connectivity index (χ3v) is 5.82. The Labute approximate surface area is 142 Å². The Bertz CT molecular complexity index is 570. The zero-order chi connectivity index (χ0) is 16.3. The summed E-state index contributed by atoms with van der Waals surface area (Å²) in [5.41, 5.74) is 2.04. The van der Waals surface area contributed by atoms with Gasteiger partial charge >= 0.3 is 6.03 Å². The van der Waals surface area contributed by atoms with Crippen molar-refractivity contribution < 1.29 is 9.53 Å². The molecule has 1 aliphatic heterocycles. The number of anilines is 1. The average molecular weight is 334 g/mol. The van der Waals surface area contributed by atoms with Gasteiger partial charge in [0.25, 0.3) is 0 Å². The van der Waals surface area contributed by atoms with Crippen LogP contribution in [0.25, 0.3) is 0 Å². The Morgan fingerprint density at radius 3 is 2.87 bits per heavy atom. The quantitative estimate of drug-likeness (QED) is 0.809. The minimum Gasteiger partial charge on any atom is -0.375 e. The monoisotopic (exact) mass is 334 g/mol. The predicted octanol–water partition coefficient (Wildman–Crippen LogP) is 4.33. The number of hydrogen-bond donors (Lipinski definition) is 2. The van der Waals surface area contributed by atoms with Crippen LogP contribution in [0.2, 0.25) is 0 Å². The van der Waals surface area contributed by atoms with Gasteiger partial charge in [0.15, 0.2) is 0 Å². The molecule has 1 aromatic carbocycles. The van der Waals surface area contributed by atoms with Crippen LogP contribution in [0.3, 0.4) is 0 Å². The first kappa shape index (κ1) is 16.7. The summed E-state index contributed by atoms with van der Waals surface area (Å²) in [6.07, 6.45) is 8.66. The van der Waals surface area contributed by atoms with E-state index in [1.165, 1.54) is 12.8 Å². The highest BCUT2D eigenvalue weighted by molar-refractivity contribution is 7.98. The van der Waals surface area contributed by atoms with E-state index in [1.54, 1.807) is 11.8 Å². The summed E-state index contributed by atoms with van der Waals surface area (Å²) < 4.78 is 6.04. The number of hydrogen-bond acceptors (Lipinski definition) is 3. The Morgan fingerprint density at radius 1 is 1.35 bits per heavy atom. The predicted molar refractivity (Wildman–Crippen MR) is 95.3 cm³/mol. The summed E-state index contributed by atoms with van der Waals surface area (Å²) in [7, 11) is 0. The molecule has 2 amide bonds. The van der Waals surface area contributed by atoms with Crippen LogP contribution in [0.1, 0.15) is 44.1 Å². The molecule has 1 heterocycles. The molecule has 1 saturated carbocycles. The topological polar surface area (TPSA) is 50.4 Å².